The lowest BCUT2D eigenvalue weighted by Gasteiger charge is -2.49. The van der Waals surface area contributed by atoms with Crippen LogP contribution in [-0.2, 0) is 33.5 Å². The van der Waals surface area contributed by atoms with Crippen molar-refractivity contribution in [1.29, 1.82) is 0 Å². The van der Waals surface area contributed by atoms with Gasteiger partial charge in [-0.2, -0.15) is 0 Å². The van der Waals surface area contributed by atoms with Crippen molar-refractivity contribution in [2.24, 2.45) is 5.16 Å². The number of rotatable bonds is 9. The molecule has 3 rings (SSSR count). The molecule has 2 atom stereocenters. The summed E-state index contributed by atoms with van der Waals surface area (Å²) in [5.41, 5.74) is -0.973. The minimum Gasteiger partial charge on any atom is -0.477 e. The largest absolute Gasteiger partial charge is 0.477 e. The number of hydrogen-bond acceptors (Lipinski definition) is 11. The number of fused-ring (bicyclic) bond motifs is 1. The predicted octanol–water partition coefficient (Wildman–Crippen LogP) is 1.19. The first-order valence-electron chi connectivity index (χ1n) is 10.3. The number of anilines is 1. The molecule has 3 N–H and O–H groups in total. The minimum absolute atomic E-state index is 0.0190. The van der Waals surface area contributed by atoms with E-state index >= 15 is 0 Å². The second kappa shape index (κ2) is 10.8. The second-order valence-electron chi connectivity index (χ2n) is 8.50. The van der Waals surface area contributed by atoms with E-state index in [0.29, 0.717) is 17.7 Å². The molecule has 3 heterocycles. The van der Waals surface area contributed by atoms with Crippen molar-refractivity contribution in [2.75, 3.05) is 17.7 Å². The smallest absolute Gasteiger partial charge is 0.352 e. The number of carbonyl (C=O) groups is 5. The van der Waals surface area contributed by atoms with Crippen molar-refractivity contribution >= 4 is 75.7 Å². The lowest BCUT2D eigenvalue weighted by atomic mass is 10.0. The summed E-state index contributed by atoms with van der Waals surface area (Å²) in [6, 6.07) is -1.05. The number of ether oxygens (including phenoxy) is 1. The molecule has 0 spiro atoms. The lowest BCUT2D eigenvalue weighted by Crippen LogP contribution is -2.71. The number of nitrogens with one attached hydrogen (secondary N) is 2. The van der Waals surface area contributed by atoms with Gasteiger partial charge >= 0.3 is 11.9 Å². The summed E-state index contributed by atoms with van der Waals surface area (Å²) in [7, 11) is 0. The molecule has 0 aliphatic carbocycles. The third-order valence-corrected chi connectivity index (χ3v) is 7.22. The molecule has 2 aliphatic rings. The van der Waals surface area contributed by atoms with Gasteiger partial charge in [-0.25, -0.2) is 14.6 Å². The topological polar surface area (TPSA) is 177 Å². The van der Waals surface area contributed by atoms with Crippen LogP contribution in [0.3, 0.4) is 0 Å². The number of aromatic nitrogens is 1. The molecule has 3 amide bonds. The zero-order valence-corrected chi connectivity index (χ0v) is 21.9. The Labute approximate surface area is 218 Å². The van der Waals surface area contributed by atoms with Gasteiger partial charge in [0, 0.05) is 5.75 Å². The molecule has 0 radical (unpaired) electrons. The fraction of sp³-hybridized carbons (Fsp3) is 0.450. The Morgan fingerprint density at radius 1 is 1.36 bits per heavy atom. The molecule has 1 unspecified atom stereocenters. The first-order valence-corrected chi connectivity index (χ1v) is 12.6. The number of aliphatic carboxylic acids is 1. The lowest BCUT2D eigenvalue weighted by molar-refractivity contribution is -0.160. The Bertz CT molecular complexity index is 1180. The van der Waals surface area contributed by atoms with Crippen molar-refractivity contribution in [2.45, 2.75) is 44.7 Å². The molecule has 0 aromatic carbocycles. The van der Waals surface area contributed by atoms with Gasteiger partial charge in [0.25, 0.3) is 11.8 Å². The van der Waals surface area contributed by atoms with E-state index in [4.69, 9.17) is 21.2 Å². The summed E-state index contributed by atoms with van der Waals surface area (Å²) in [4.78, 5) is 70.3. The van der Waals surface area contributed by atoms with Crippen LogP contribution in [-0.4, -0.2) is 80.2 Å². The highest BCUT2D eigenvalue weighted by Gasteiger charge is 2.54. The van der Waals surface area contributed by atoms with Crippen LogP contribution >= 0.6 is 34.7 Å². The van der Waals surface area contributed by atoms with Crippen molar-refractivity contribution in [1.82, 2.24) is 15.2 Å². The maximum absolute atomic E-state index is 13.1. The van der Waals surface area contributed by atoms with Gasteiger partial charge in [-0.15, -0.1) is 11.8 Å². The molecule has 13 nitrogen and oxygen atoms in total. The predicted molar refractivity (Wildman–Crippen MR) is 131 cm³/mol. The van der Waals surface area contributed by atoms with Crippen LogP contribution in [0.2, 0.25) is 4.34 Å². The standard InChI is InChI=1S/C20H22ClN5O8S2/c1-8-6-35-17-12(16(30)26(17)13(8)18(31)32)23-15(29)11(10-14(21)36-19(24-10)22-7-27)25-33-5-9(28)34-20(2,3)4/h7,12,17H,5-6H2,1-4H3,(H,23,29)(H,31,32)(H,22,24,27)/b25-11+/t12?,17-/m1/s1. The minimum atomic E-state index is -1.24. The summed E-state index contributed by atoms with van der Waals surface area (Å²) in [6.45, 7) is 5.98. The molecule has 1 fully saturated rings. The Kier molecular flexibility index (Phi) is 8.26. The van der Waals surface area contributed by atoms with Gasteiger partial charge in [0.2, 0.25) is 13.0 Å². The molecule has 0 saturated carbocycles. The van der Waals surface area contributed by atoms with E-state index in [-0.39, 0.29) is 20.9 Å². The van der Waals surface area contributed by atoms with Crippen LogP contribution in [0.5, 0.6) is 0 Å². The Morgan fingerprint density at radius 2 is 2.06 bits per heavy atom. The molecule has 194 valence electrons. The number of thiazole rings is 1. The zero-order valence-electron chi connectivity index (χ0n) is 19.5. The Morgan fingerprint density at radius 3 is 2.67 bits per heavy atom. The highest BCUT2D eigenvalue weighted by molar-refractivity contribution is 8.00. The molecule has 36 heavy (non-hydrogen) atoms. The van der Waals surface area contributed by atoms with Gasteiger partial charge < -0.3 is 25.3 Å². The van der Waals surface area contributed by atoms with Gasteiger partial charge in [-0.1, -0.05) is 28.1 Å². The van der Waals surface area contributed by atoms with Crippen LogP contribution in [0.25, 0.3) is 0 Å². The quantitative estimate of drug-likeness (QED) is 0.131. The summed E-state index contributed by atoms with van der Waals surface area (Å²) in [5, 5.41) is 17.4. The SMILES string of the molecule is CC1=C(C(=O)O)N2C(=O)C(NC(=O)/C(=N/OCC(=O)OC(C)(C)C)c3nc(NC=O)sc3Cl)[C@H]2SC1. The fourth-order valence-electron chi connectivity index (χ4n) is 3.26. The number of esters is 1. The van der Waals surface area contributed by atoms with E-state index in [1.807, 2.05) is 0 Å². The maximum atomic E-state index is 13.1. The number of oxime groups is 1. The van der Waals surface area contributed by atoms with Gasteiger partial charge in [0.1, 0.15) is 32.7 Å². The van der Waals surface area contributed by atoms with Crippen LogP contribution in [0.1, 0.15) is 33.4 Å². The average Bonchev–Trinajstić information content (AvgIpc) is 3.13. The first-order chi connectivity index (χ1) is 16.8. The molecular formula is C20H22ClN5O8S2. The average molecular weight is 560 g/mol. The number of nitrogens with zero attached hydrogens (tertiary/aromatic N) is 3. The first kappa shape index (κ1) is 27.4. The van der Waals surface area contributed by atoms with Gasteiger partial charge in [0.05, 0.1) is 0 Å². The number of carboxylic acids is 1. The summed E-state index contributed by atoms with van der Waals surface area (Å²) < 4.78 is 5.10. The van der Waals surface area contributed by atoms with E-state index in [0.717, 1.165) is 16.2 Å². The zero-order chi connectivity index (χ0) is 26.8. The van der Waals surface area contributed by atoms with Crippen LogP contribution in [0.15, 0.2) is 16.4 Å². The number of amides is 3. The number of β-lactam (4-membered cyclic amide) rings is 1. The summed E-state index contributed by atoms with van der Waals surface area (Å²) in [6.07, 6.45) is 0.367. The van der Waals surface area contributed by atoms with Crippen molar-refractivity contribution in [3.63, 3.8) is 0 Å². The number of halogens is 1. The number of thioether (sulfide) groups is 1. The molecular weight excluding hydrogens is 538 g/mol. The summed E-state index contributed by atoms with van der Waals surface area (Å²) >= 11 is 8.32. The molecule has 1 saturated heterocycles. The van der Waals surface area contributed by atoms with Gasteiger partial charge in [0.15, 0.2) is 10.8 Å². The molecule has 16 heteroatoms. The molecule has 1 aromatic rings. The van der Waals surface area contributed by atoms with E-state index in [2.05, 4.69) is 20.8 Å². The van der Waals surface area contributed by atoms with Gasteiger partial charge in [-0.05, 0) is 33.3 Å². The van der Waals surface area contributed by atoms with Crippen LogP contribution < -0.4 is 10.6 Å². The van der Waals surface area contributed by atoms with Crippen LogP contribution in [0.4, 0.5) is 5.13 Å². The Balaban J connectivity index is 1.82. The number of hydrogen-bond donors (Lipinski definition) is 3. The van der Waals surface area contributed by atoms with E-state index in [1.165, 1.54) is 11.8 Å². The normalized spacial score (nSPS) is 19.8. The maximum Gasteiger partial charge on any atom is 0.352 e. The highest BCUT2D eigenvalue weighted by Crippen LogP contribution is 2.40. The molecule has 0 bridgehead atoms. The van der Waals surface area contributed by atoms with E-state index in [9.17, 15) is 29.1 Å². The Hall–Kier alpha value is -3.17. The molecule has 1 aromatic heterocycles. The number of carbonyl (C=O) groups excluding carboxylic acids is 4. The second-order valence-corrected chi connectivity index (χ2v) is 11.2. The third-order valence-electron chi connectivity index (χ3n) is 4.61. The van der Waals surface area contributed by atoms with Gasteiger partial charge in [-0.3, -0.25) is 19.3 Å². The van der Waals surface area contributed by atoms with Crippen molar-refractivity contribution in [3.05, 3.63) is 21.3 Å². The number of carboxylic acid groups (broad SMARTS) is 1. The highest BCUT2D eigenvalue weighted by atomic mass is 35.5. The van der Waals surface area contributed by atoms with E-state index < -0.39 is 53.1 Å². The van der Waals surface area contributed by atoms with Crippen molar-refractivity contribution in [3.8, 4) is 0 Å². The van der Waals surface area contributed by atoms with Crippen LogP contribution in [0, 0.1) is 0 Å². The summed E-state index contributed by atoms with van der Waals surface area (Å²) in [5.74, 6) is -3.14. The van der Waals surface area contributed by atoms with Crippen molar-refractivity contribution < 1.29 is 38.7 Å². The fourth-order valence-corrected chi connectivity index (χ4v) is 5.55. The van der Waals surface area contributed by atoms with E-state index in [1.54, 1.807) is 27.7 Å². The monoisotopic (exact) mass is 559 g/mol. The third kappa shape index (κ3) is 5.96. The molecule has 2 aliphatic heterocycles.